The van der Waals surface area contributed by atoms with E-state index >= 15 is 0 Å². The Kier molecular flexibility index (Phi) is 4.23. The van der Waals surface area contributed by atoms with Crippen molar-refractivity contribution in [3.8, 4) is 0 Å². The number of aromatic nitrogens is 3. The van der Waals surface area contributed by atoms with E-state index < -0.39 is 0 Å². The van der Waals surface area contributed by atoms with Gasteiger partial charge in [0.2, 0.25) is 0 Å². The van der Waals surface area contributed by atoms with Crippen LogP contribution in [0.3, 0.4) is 0 Å². The molecule has 20 heavy (non-hydrogen) atoms. The van der Waals surface area contributed by atoms with Crippen LogP contribution in [0.15, 0.2) is 12.4 Å². The Bertz CT molecular complexity index is 603. The Morgan fingerprint density at radius 3 is 2.85 bits per heavy atom. The van der Waals surface area contributed by atoms with Gasteiger partial charge in [-0.1, -0.05) is 11.3 Å². The number of rotatable bonds is 5. The van der Waals surface area contributed by atoms with Gasteiger partial charge in [-0.3, -0.25) is 9.48 Å². The minimum Gasteiger partial charge on any atom is -0.382 e. The Labute approximate surface area is 121 Å². The average molecular weight is 294 g/mol. The van der Waals surface area contributed by atoms with Gasteiger partial charge in [-0.25, -0.2) is 4.98 Å². The molecule has 0 aliphatic rings. The zero-order valence-corrected chi connectivity index (χ0v) is 12.6. The average Bonchev–Trinajstić information content (AvgIpc) is 2.95. The second-order valence-electron chi connectivity index (χ2n) is 4.64. The predicted octanol–water partition coefficient (Wildman–Crippen LogP) is 0.726. The lowest BCUT2D eigenvalue weighted by atomic mass is 10.4. The molecule has 2 rings (SSSR count). The smallest absolute Gasteiger partial charge is 0.265 e. The van der Waals surface area contributed by atoms with E-state index in [0.717, 1.165) is 10.7 Å². The lowest BCUT2D eigenvalue weighted by molar-refractivity contribution is 0.0956. The molecule has 7 nitrogen and oxygen atoms in total. The summed E-state index contributed by atoms with van der Waals surface area (Å²) in [6.45, 7) is 3.09. The van der Waals surface area contributed by atoms with E-state index in [2.05, 4.69) is 15.4 Å². The molecule has 0 atom stereocenters. The van der Waals surface area contributed by atoms with Crippen molar-refractivity contribution in [2.45, 2.75) is 13.5 Å². The van der Waals surface area contributed by atoms with Crippen LogP contribution >= 0.6 is 11.3 Å². The fraction of sp³-hybridized carbons (Fsp3) is 0.417. The van der Waals surface area contributed by atoms with Gasteiger partial charge >= 0.3 is 0 Å². The third kappa shape index (κ3) is 3.27. The Balaban J connectivity index is 1.91. The monoisotopic (exact) mass is 294 g/mol. The summed E-state index contributed by atoms with van der Waals surface area (Å²) < 4.78 is 1.79. The Hall–Kier alpha value is -2.09. The number of nitrogen functional groups attached to an aromatic ring is 1. The van der Waals surface area contributed by atoms with Gasteiger partial charge in [-0.05, 0) is 12.5 Å². The second kappa shape index (κ2) is 5.91. The molecule has 3 N–H and O–H groups in total. The van der Waals surface area contributed by atoms with Crippen LogP contribution in [0.2, 0.25) is 0 Å². The lowest BCUT2D eigenvalue weighted by Gasteiger charge is -2.05. The van der Waals surface area contributed by atoms with Gasteiger partial charge in [0, 0.05) is 26.8 Å². The first-order valence-electron chi connectivity index (χ1n) is 6.18. The van der Waals surface area contributed by atoms with Crippen molar-refractivity contribution in [3.05, 3.63) is 22.8 Å². The molecule has 2 heterocycles. The Morgan fingerprint density at radius 1 is 1.55 bits per heavy atom. The number of anilines is 2. The number of carbonyl (C=O) groups excluding carboxylic acids is 1. The van der Waals surface area contributed by atoms with E-state index in [-0.39, 0.29) is 11.7 Å². The van der Waals surface area contributed by atoms with Gasteiger partial charge in [0.25, 0.3) is 5.91 Å². The van der Waals surface area contributed by atoms with E-state index in [1.54, 1.807) is 10.9 Å². The highest BCUT2D eigenvalue weighted by atomic mass is 32.1. The summed E-state index contributed by atoms with van der Waals surface area (Å²) in [4.78, 5) is 18.4. The van der Waals surface area contributed by atoms with E-state index in [4.69, 9.17) is 5.73 Å². The number of nitrogens with zero attached hydrogens (tertiary/aromatic N) is 4. The summed E-state index contributed by atoms with van der Waals surface area (Å²) in [5.74, 6) is 0.0723. The molecule has 2 aromatic rings. The van der Waals surface area contributed by atoms with Gasteiger partial charge in [-0.2, -0.15) is 5.10 Å². The van der Waals surface area contributed by atoms with Gasteiger partial charge in [0.15, 0.2) is 5.13 Å². The summed E-state index contributed by atoms with van der Waals surface area (Å²) in [6, 6.07) is 0. The van der Waals surface area contributed by atoms with Gasteiger partial charge in [0.1, 0.15) is 10.7 Å². The standard InChI is InChI=1S/C12H18N6OS/c1-8-6-15-18(7-8)5-4-14-11(19)9-10(13)16-12(20-9)17(2)3/h6-7H,4-5,13H2,1-3H3,(H,14,19). The van der Waals surface area contributed by atoms with Gasteiger partial charge in [0.05, 0.1) is 12.7 Å². The molecule has 0 unspecified atom stereocenters. The van der Waals surface area contributed by atoms with Crippen LogP contribution in [0.5, 0.6) is 0 Å². The van der Waals surface area contributed by atoms with Crippen molar-refractivity contribution in [1.29, 1.82) is 0 Å². The van der Waals surface area contributed by atoms with Crippen LogP contribution in [0.25, 0.3) is 0 Å². The highest BCUT2D eigenvalue weighted by Crippen LogP contribution is 2.26. The quantitative estimate of drug-likeness (QED) is 0.848. The fourth-order valence-electron chi connectivity index (χ4n) is 1.63. The fourth-order valence-corrected chi connectivity index (χ4v) is 2.45. The SMILES string of the molecule is Cc1cnn(CCNC(=O)c2sc(N(C)C)nc2N)c1. The van der Waals surface area contributed by atoms with Crippen molar-refractivity contribution in [3.63, 3.8) is 0 Å². The van der Waals surface area contributed by atoms with Crippen LogP contribution in [0.4, 0.5) is 10.9 Å². The van der Waals surface area contributed by atoms with E-state index in [1.807, 2.05) is 32.1 Å². The molecule has 2 aromatic heterocycles. The summed E-state index contributed by atoms with van der Waals surface area (Å²) in [6.07, 6.45) is 3.71. The second-order valence-corrected chi connectivity index (χ2v) is 5.62. The molecule has 0 aliphatic heterocycles. The number of aryl methyl sites for hydroxylation is 1. The first kappa shape index (κ1) is 14.3. The van der Waals surface area contributed by atoms with Gasteiger partial charge in [-0.15, -0.1) is 0 Å². The summed E-state index contributed by atoms with van der Waals surface area (Å²) in [5.41, 5.74) is 6.86. The molecule has 1 amide bonds. The van der Waals surface area contributed by atoms with E-state index in [1.165, 1.54) is 11.3 Å². The maximum Gasteiger partial charge on any atom is 0.265 e. The van der Waals surface area contributed by atoms with Crippen LogP contribution in [0.1, 0.15) is 15.2 Å². The summed E-state index contributed by atoms with van der Waals surface area (Å²) >= 11 is 1.28. The van der Waals surface area contributed by atoms with Crippen molar-refractivity contribution in [2.24, 2.45) is 0 Å². The number of hydrogen-bond acceptors (Lipinski definition) is 6. The number of hydrogen-bond donors (Lipinski definition) is 2. The third-order valence-corrected chi connectivity index (χ3v) is 3.86. The maximum atomic E-state index is 12.0. The minimum absolute atomic E-state index is 0.197. The number of nitrogens with one attached hydrogen (secondary N) is 1. The zero-order valence-electron chi connectivity index (χ0n) is 11.8. The molecule has 108 valence electrons. The lowest BCUT2D eigenvalue weighted by Crippen LogP contribution is -2.27. The summed E-state index contributed by atoms with van der Waals surface area (Å²) in [7, 11) is 3.72. The number of amides is 1. The molecule has 0 aromatic carbocycles. The van der Waals surface area contributed by atoms with Crippen molar-refractivity contribution < 1.29 is 4.79 Å². The Morgan fingerprint density at radius 2 is 2.30 bits per heavy atom. The third-order valence-electron chi connectivity index (χ3n) is 2.62. The molecule has 0 saturated heterocycles. The molecule has 0 bridgehead atoms. The zero-order chi connectivity index (χ0) is 14.7. The molecule has 0 saturated carbocycles. The molecule has 8 heteroatoms. The highest BCUT2D eigenvalue weighted by molar-refractivity contribution is 7.18. The molecular formula is C12H18N6OS. The molecule has 0 spiro atoms. The van der Waals surface area contributed by atoms with E-state index in [0.29, 0.717) is 18.0 Å². The summed E-state index contributed by atoms with van der Waals surface area (Å²) in [5, 5.41) is 7.69. The van der Waals surface area contributed by atoms with Crippen LogP contribution < -0.4 is 16.0 Å². The van der Waals surface area contributed by atoms with Crippen LogP contribution in [-0.4, -0.2) is 41.3 Å². The maximum absolute atomic E-state index is 12.0. The number of nitrogens with two attached hydrogens (primary N) is 1. The number of thiazole rings is 1. The largest absolute Gasteiger partial charge is 0.382 e. The predicted molar refractivity (Wildman–Crippen MR) is 80.2 cm³/mol. The minimum atomic E-state index is -0.197. The number of carbonyl (C=O) groups is 1. The topological polar surface area (TPSA) is 89.1 Å². The first-order chi connectivity index (χ1) is 9.47. The van der Waals surface area contributed by atoms with Gasteiger partial charge < -0.3 is 16.0 Å². The molecule has 0 fully saturated rings. The highest BCUT2D eigenvalue weighted by Gasteiger charge is 2.16. The van der Waals surface area contributed by atoms with E-state index in [9.17, 15) is 4.79 Å². The van der Waals surface area contributed by atoms with Crippen molar-refractivity contribution in [2.75, 3.05) is 31.3 Å². The molecule has 0 aliphatic carbocycles. The normalized spacial score (nSPS) is 10.6. The van der Waals surface area contributed by atoms with Crippen LogP contribution in [-0.2, 0) is 6.54 Å². The van der Waals surface area contributed by atoms with Crippen molar-refractivity contribution in [1.82, 2.24) is 20.1 Å². The molecular weight excluding hydrogens is 276 g/mol. The first-order valence-corrected chi connectivity index (χ1v) is 7.00. The molecule has 0 radical (unpaired) electrons. The van der Waals surface area contributed by atoms with Crippen LogP contribution in [0, 0.1) is 6.92 Å². The van der Waals surface area contributed by atoms with Crippen molar-refractivity contribution >= 4 is 28.2 Å².